The van der Waals surface area contributed by atoms with Gasteiger partial charge in [-0.1, -0.05) is 301 Å². The average Bonchev–Trinajstić information content (AvgIpc) is 1.58. The summed E-state index contributed by atoms with van der Waals surface area (Å²) < 4.78 is 32.2. The van der Waals surface area contributed by atoms with E-state index >= 15 is 0 Å². The fourth-order valence-corrected chi connectivity index (χ4v) is 15.7. The molecular formula is C104H78BBrN6O5. The molecule has 0 aliphatic carbocycles. The average molecular weight is 1580 g/mol. The normalized spacial score (nSPS) is 13.6. The Morgan fingerprint density at radius 2 is 0.573 bits per heavy atom. The number of fused-ring (bicyclic) bond motifs is 10. The molecule has 20 aromatic rings. The molecule has 11 nitrogen and oxygen atoms in total. The van der Waals surface area contributed by atoms with E-state index in [4.69, 9.17) is 47.8 Å². The van der Waals surface area contributed by atoms with Gasteiger partial charge >= 0.3 is 7.12 Å². The van der Waals surface area contributed by atoms with Crippen LogP contribution in [0, 0.1) is 0 Å². The van der Waals surface area contributed by atoms with Crippen LogP contribution in [0.5, 0.6) is 0 Å². The van der Waals surface area contributed by atoms with Crippen LogP contribution in [0.1, 0.15) is 40.5 Å². The molecule has 2 fully saturated rings. The van der Waals surface area contributed by atoms with E-state index < -0.39 is 18.3 Å². The van der Waals surface area contributed by atoms with Crippen molar-refractivity contribution in [3.63, 3.8) is 0 Å². The summed E-state index contributed by atoms with van der Waals surface area (Å²) in [6, 6.07) is 121. The van der Waals surface area contributed by atoms with Gasteiger partial charge in [0.15, 0.2) is 34.9 Å². The van der Waals surface area contributed by atoms with Crippen molar-refractivity contribution in [1.29, 1.82) is 0 Å². The Kier molecular flexibility index (Phi) is 20.0. The Balaban J connectivity index is 0.000000120. The van der Waals surface area contributed by atoms with Crippen LogP contribution in [-0.2, 0) is 14.0 Å². The van der Waals surface area contributed by atoms with E-state index in [2.05, 4.69) is 255 Å². The van der Waals surface area contributed by atoms with Gasteiger partial charge in [0.05, 0.1) is 11.2 Å². The SMILES string of the molecule is Brc1ccc(-c2nc(-c3ccccc3)nc(-c3ccccc3)n2)cc1.C1CCOC1.CC1(C)OB(c2cc(-c3ccc4ccccc4c3)cc3oc4cc5ccccc5cc4c23)OC1(C)C.c1ccc(-c2nc(-c3ccccc3)nc(-c3ccc(-c4cc(-c5ccc6ccccc6c5)cc5oc6cc7ccccc7cc6c45)cc3)n2)cc1. The van der Waals surface area contributed by atoms with Crippen molar-refractivity contribution in [2.45, 2.75) is 51.7 Å². The number of hydrogen-bond acceptors (Lipinski definition) is 11. The molecular weight excluding hydrogens is 1500 g/mol. The summed E-state index contributed by atoms with van der Waals surface area (Å²) in [7, 11) is -0.495. The molecule has 117 heavy (non-hydrogen) atoms. The highest BCUT2D eigenvalue weighted by molar-refractivity contribution is 9.10. The van der Waals surface area contributed by atoms with E-state index in [-0.39, 0.29) is 0 Å². The number of benzene rings is 16. The highest BCUT2D eigenvalue weighted by atomic mass is 79.9. The first-order valence-electron chi connectivity index (χ1n) is 39.6. The van der Waals surface area contributed by atoms with E-state index in [0.29, 0.717) is 34.9 Å². The molecule has 0 bridgehead atoms. The lowest BCUT2D eigenvalue weighted by molar-refractivity contribution is 0.00578. The standard InChI is InChI=1S/C47H29N3O.C32H27BO3.C21H14BrN3.C4H8O/c1-3-12-32(13-4-1)45-48-46(33-14-5-2-6-15-33)50-47(49-45)34-22-20-31(21-23-34)40-27-39(38-24-19-30-11-7-8-16-35(30)25-38)29-43-44(40)41-26-36-17-9-10-18-37(36)28-42(41)51-43;1-31(2)32(3,4)36-33(35-31)27-17-25(24-14-13-20-9-5-6-10-21(20)15-24)19-29-30(27)26-16-22-11-7-8-12-23(22)18-28(26)34-29;22-18-13-11-17(12-14-18)21-24-19(15-7-3-1-4-8-15)23-20(25-21)16-9-5-2-6-10-16;1-2-4-5-3-1/h1-29H;5-19H,1-4H3;1-14H;1-4H2. The maximum absolute atomic E-state index is 6.65. The summed E-state index contributed by atoms with van der Waals surface area (Å²) in [6.45, 7) is 10.4. The minimum absolute atomic E-state index is 0.435. The topological polar surface area (TPSA) is 131 Å². The number of ether oxygens (including phenoxy) is 1. The monoisotopic (exact) mass is 1580 g/mol. The largest absolute Gasteiger partial charge is 0.495 e. The molecule has 564 valence electrons. The molecule has 0 radical (unpaired) electrons. The second-order valence-corrected chi connectivity index (χ2v) is 31.5. The predicted octanol–water partition coefficient (Wildman–Crippen LogP) is 26.7. The lowest BCUT2D eigenvalue weighted by atomic mass is 9.75. The molecule has 16 aromatic carbocycles. The van der Waals surface area contributed by atoms with Crippen LogP contribution in [-0.4, -0.2) is 61.4 Å². The Morgan fingerprint density at radius 1 is 0.265 bits per heavy atom. The van der Waals surface area contributed by atoms with Crippen molar-refractivity contribution in [2.75, 3.05) is 13.2 Å². The highest BCUT2D eigenvalue weighted by Crippen LogP contribution is 2.45. The number of nitrogens with zero attached hydrogens (tertiary/aromatic N) is 6. The molecule has 0 amide bonds. The van der Waals surface area contributed by atoms with Gasteiger partial charge in [0.2, 0.25) is 0 Å². The number of halogens is 1. The van der Waals surface area contributed by atoms with Gasteiger partial charge in [0, 0.05) is 72.6 Å². The molecule has 6 heterocycles. The maximum Gasteiger partial charge on any atom is 0.495 e. The van der Waals surface area contributed by atoms with E-state index in [1.54, 1.807) is 0 Å². The van der Waals surface area contributed by atoms with Gasteiger partial charge in [-0.3, -0.25) is 0 Å². The number of furan rings is 2. The van der Waals surface area contributed by atoms with E-state index in [1.807, 2.05) is 146 Å². The molecule has 0 N–H and O–H groups in total. The van der Waals surface area contributed by atoms with Crippen LogP contribution in [0.15, 0.2) is 365 Å². The van der Waals surface area contributed by atoms with Crippen LogP contribution in [0.2, 0.25) is 0 Å². The molecule has 2 aliphatic heterocycles. The van der Waals surface area contributed by atoms with Crippen LogP contribution in [0.3, 0.4) is 0 Å². The second kappa shape index (κ2) is 31.8. The summed E-state index contributed by atoms with van der Waals surface area (Å²) in [5, 5.41) is 13.9. The fourth-order valence-electron chi connectivity index (χ4n) is 15.5. The second-order valence-electron chi connectivity index (χ2n) is 30.6. The van der Waals surface area contributed by atoms with E-state index in [0.717, 1.165) is 145 Å². The minimum Gasteiger partial charge on any atom is -0.456 e. The molecule has 22 rings (SSSR count). The molecule has 2 aliphatic rings. The Morgan fingerprint density at radius 3 is 0.957 bits per heavy atom. The van der Waals surface area contributed by atoms with E-state index in [1.165, 1.54) is 45.2 Å². The van der Waals surface area contributed by atoms with Crippen molar-refractivity contribution >= 4 is 115 Å². The minimum atomic E-state index is -0.495. The smallest absolute Gasteiger partial charge is 0.456 e. The van der Waals surface area contributed by atoms with Crippen molar-refractivity contribution in [3.05, 3.63) is 356 Å². The Bertz CT molecular complexity index is 6920. The van der Waals surface area contributed by atoms with Crippen LogP contribution in [0.25, 0.3) is 189 Å². The van der Waals surface area contributed by atoms with Gasteiger partial charge in [0.25, 0.3) is 0 Å². The summed E-state index contributed by atoms with van der Waals surface area (Å²) in [4.78, 5) is 28.8. The molecule has 0 atom stereocenters. The zero-order valence-electron chi connectivity index (χ0n) is 65.0. The van der Waals surface area contributed by atoms with Crippen molar-refractivity contribution in [2.24, 2.45) is 0 Å². The maximum atomic E-state index is 6.65. The molecule has 2 saturated heterocycles. The number of hydrogen-bond donors (Lipinski definition) is 0. The third-order valence-corrected chi connectivity index (χ3v) is 22.9. The van der Waals surface area contributed by atoms with Gasteiger partial charge in [-0.25, -0.2) is 29.9 Å². The summed E-state index contributed by atoms with van der Waals surface area (Å²) in [5.74, 6) is 3.93. The molecule has 13 heteroatoms. The van der Waals surface area contributed by atoms with E-state index in [9.17, 15) is 0 Å². The van der Waals surface area contributed by atoms with Gasteiger partial charge in [-0.15, -0.1) is 0 Å². The number of aromatic nitrogens is 6. The van der Waals surface area contributed by atoms with Crippen molar-refractivity contribution < 1.29 is 22.9 Å². The molecule has 0 saturated carbocycles. The van der Waals surface area contributed by atoms with Crippen LogP contribution in [0.4, 0.5) is 0 Å². The lowest BCUT2D eigenvalue weighted by Gasteiger charge is -2.32. The van der Waals surface area contributed by atoms with Gasteiger partial charge < -0.3 is 22.9 Å². The molecule has 4 aromatic heterocycles. The lowest BCUT2D eigenvalue weighted by Crippen LogP contribution is -2.41. The first-order valence-corrected chi connectivity index (χ1v) is 40.4. The summed E-state index contributed by atoms with van der Waals surface area (Å²) >= 11 is 3.47. The summed E-state index contributed by atoms with van der Waals surface area (Å²) in [6.07, 6.45) is 2.56. The zero-order valence-corrected chi connectivity index (χ0v) is 66.6. The molecule has 0 unspecified atom stereocenters. The van der Waals surface area contributed by atoms with Crippen LogP contribution < -0.4 is 5.46 Å². The van der Waals surface area contributed by atoms with Gasteiger partial charge in [-0.2, -0.15) is 0 Å². The highest BCUT2D eigenvalue weighted by Gasteiger charge is 2.52. The Labute approximate surface area is 686 Å². The Hall–Kier alpha value is -13.4. The summed E-state index contributed by atoms with van der Waals surface area (Å²) in [5.41, 5.74) is 16.0. The zero-order chi connectivity index (χ0) is 79.0. The molecule has 0 spiro atoms. The fraction of sp³-hybridized carbons (Fsp3) is 0.0962. The predicted molar refractivity (Wildman–Crippen MR) is 483 cm³/mol. The quantitative estimate of drug-likeness (QED) is 0.121. The van der Waals surface area contributed by atoms with Crippen molar-refractivity contribution in [1.82, 2.24) is 29.9 Å². The third-order valence-electron chi connectivity index (χ3n) is 22.4. The third kappa shape index (κ3) is 15.3. The van der Waals surface area contributed by atoms with Gasteiger partial charge in [0.1, 0.15) is 22.3 Å². The first-order chi connectivity index (χ1) is 57.3. The first kappa shape index (κ1) is 73.8. The van der Waals surface area contributed by atoms with Crippen molar-refractivity contribution in [3.8, 4) is 102 Å². The van der Waals surface area contributed by atoms with Gasteiger partial charge in [-0.05, 0) is 189 Å². The number of rotatable bonds is 10. The van der Waals surface area contributed by atoms with Crippen LogP contribution >= 0.6 is 15.9 Å².